The van der Waals surface area contributed by atoms with Gasteiger partial charge < -0.3 is 10.5 Å². The van der Waals surface area contributed by atoms with Gasteiger partial charge in [0.2, 0.25) is 0 Å². The van der Waals surface area contributed by atoms with E-state index >= 15 is 0 Å². The molecular weight excluding hydrogens is 333 g/mol. The molecule has 2 N–H and O–H groups in total. The lowest BCUT2D eigenvalue weighted by atomic mass is 10.1. The van der Waals surface area contributed by atoms with E-state index in [1.165, 1.54) is 24.3 Å². The zero-order valence-corrected chi connectivity index (χ0v) is 13.3. The van der Waals surface area contributed by atoms with E-state index in [0.717, 1.165) is 7.11 Å². The number of anilines is 1. The fraction of sp³-hybridized carbons (Fsp3) is 0.143. The zero-order chi connectivity index (χ0) is 16.4. The number of carbonyl (C=O) groups excluding carboxylic acids is 1. The van der Waals surface area contributed by atoms with Crippen LogP contribution in [0.3, 0.4) is 0 Å². The first-order valence-electron chi connectivity index (χ1n) is 6.09. The maximum atomic E-state index is 14.3. The van der Waals surface area contributed by atoms with E-state index in [-0.39, 0.29) is 16.4 Å². The van der Waals surface area contributed by atoms with Crippen LogP contribution in [0.2, 0.25) is 5.02 Å². The second-order valence-electron chi connectivity index (χ2n) is 4.37. The van der Waals surface area contributed by atoms with Crippen molar-refractivity contribution in [1.29, 1.82) is 0 Å². The summed E-state index contributed by atoms with van der Waals surface area (Å²) in [6.45, 7) is 0. The van der Waals surface area contributed by atoms with E-state index in [4.69, 9.17) is 17.3 Å². The monoisotopic (exact) mass is 344 g/mol. The fourth-order valence-electron chi connectivity index (χ4n) is 1.81. The zero-order valence-electron chi connectivity index (χ0n) is 11.4. The molecule has 2 unspecified atom stereocenters. The Labute approximate surface area is 132 Å². The molecule has 2 atom stereocenters. The van der Waals surface area contributed by atoms with Gasteiger partial charge in [0.1, 0.15) is 11.6 Å². The number of hydrogen-bond donors (Lipinski definition) is 1. The number of aromatic nitrogens is 1. The summed E-state index contributed by atoms with van der Waals surface area (Å²) >= 11 is 5.82. The second-order valence-corrected chi connectivity index (χ2v) is 5.33. The largest absolute Gasteiger partial charge is 0.464 e. The van der Waals surface area contributed by atoms with Crippen LogP contribution in [0.1, 0.15) is 22.0 Å². The molecular formula is C14H12ClF2N2O2P. The predicted molar refractivity (Wildman–Crippen MR) is 84.0 cm³/mol. The number of methoxy groups -OCH3 is 1. The summed E-state index contributed by atoms with van der Waals surface area (Å²) in [6, 6.07) is 5.92. The molecule has 0 saturated heterocycles. The number of benzene rings is 1. The minimum absolute atomic E-state index is 0.159. The molecule has 0 aliphatic carbocycles. The van der Waals surface area contributed by atoms with Gasteiger partial charge in [0.15, 0.2) is 11.5 Å². The van der Waals surface area contributed by atoms with Gasteiger partial charge in [-0.2, -0.15) is 0 Å². The quantitative estimate of drug-likeness (QED) is 0.680. The molecule has 4 nitrogen and oxygen atoms in total. The van der Waals surface area contributed by atoms with Crippen molar-refractivity contribution in [3.8, 4) is 11.3 Å². The van der Waals surface area contributed by atoms with Crippen molar-refractivity contribution in [2.75, 3.05) is 12.8 Å². The van der Waals surface area contributed by atoms with Crippen LogP contribution in [-0.4, -0.2) is 18.1 Å². The van der Waals surface area contributed by atoms with Crippen LogP contribution in [0, 0.1) is 5.82 Å². The normalized spacial score (nSPS) is 12.0. The number of nitrogen functional groups attached to an aromatic ring is 1. The number of pyridine rings is 1. The third-order valence-electron chi connectivity index (χ3n) is 2.99. The van der Waals surface area contributed by atoms with E-state index in [9.17, 15) is 13.6 Å². The van der Waals surface area contributed by atoms with E-state index in [0.29, 0.717) is 11.1 Å². The third-order valence-corrected chi connectivity index (χ3v) is 3.76. The maximum Gasteiger partial charge on any atom is 0.358 e. The minimum atomic E-state index is -1.23. The van der Waals surface area contributed by atoms with Gasteiger partial charge in [-0.05, 0) is 5.56 Å². The highest BCUT2D eigenvalue weighted by molar-refractivity contribution is 7.16. The first kappa shape index (κ1) is 16.6. The number of nitrogens with two attached hydrogens (primary N) is 1. The third kappa shape index (κ3) is 3.03. The summed E-state index contributed by atoms with van der Waals surface area (Å²) in [6.07, 6.45) is 0. The Morgan fingerprint density at radius 1 is 1.41 bits per heavy atom. The van der Waals surface area contributed by atoms with Gasteiger partial charge >= 0.3 is 5.97 Å². The SMILES string of the molecule is COC(=O)c1nc(-c2ccc(C(F)P)cc2)c(F)c(N)c1Cl. The molecule has 116 valence electrons. The van der Waals surface area contributed by atoms with Gasteiger partial charge in [-0.1, -0.05) is 45.1 Å². The number of alkyl halides is 1. The molecule has 0 saturated carbocycles. The summed E-state index contributed by atoms with van der Waals surface area (Å²) in [7, 11) is 3.16. The van der Waals surface area contributed by atoms with Crippen LogP contribution in [-0.2, 0) is 4.74 Å². The summed E-state index contributed by atoms with van der Waals surface area (Å²) in [4.78, 5) is 15.5. The fourth-order valence-corrected chi connectivity index (χ4v) is 2.23. The van der Waals surface area contributed by atoms with Crippen LogP contribution in [0.25, 0.3) is 11.3 Å². The van der Waals surface area contributed by atoms with Gasteiger partial charge in [-0.3, -0.25) is 0 Å². The Bertz CT molecular complexity index is 724. The standard InChI is InChI=1S/C14H12ClF2N2O2P/c1-21-14(20)12-8(15)10(18)9(16)11(19-12)6-2-4-7(5-3-6)13(17)22/h2-5,13H,22H2,1H3,(H2,18,19). The molecule has 0 amide bonds. The Morgan fingerprint density at radius 2 is 2.00 bits per heavy atom. The second kappa shape index (κ2) is 6.55. The number of rotatable bonds is 3. The van der Waals surface area contributed by atoms with Crippen molar-refractivity contribution < 1.29 is 18.3 Å². The predicted octanol–water partition coefficient (Wildman–Crippen LogP) is 3.75. The maximum absolute atomic E-state index is 14.3. The molecule has 0 fully saturated rings. The summed E-state index contributed by atoms with van der Waals surface area (Å²) in [5.74, 6) is -2.91. The number of halogens is 3. The molecule has 2 aromatic rings. The number of carbonyl (C=O) groups is 1. The average molecular weight is 345 g/mol. The molecule has 8 heteroatoms. The molecule has 22 heavy (non-hydrogen) atoms. The van der Waals surface area contributed by atoms with Gasteiger partial charge in [0.25, 0.3) is 0 Å². The molecule has 1 aromatic heterocycles. The minimum Gasteiger partial charge on any atom is -0.464 e. The lowest BCUT2D eigenvalue weighted by Crippen LogP contribution is -2.10. The molecule has 0 radical (unpaired) electrons. The van der Waals surface area contributed by atoms with Crippen LogP contribution < -0.4 is 5.73 Å². The van der Waals surface area contributed by atoms with Crippen molar-refractivity contribution in [2.24, 2.45) is 0 Å². The van der Waals surface area contributed by atoms with E-state index in [1.807, 2.05) is 9.24 Å². The van der Waals surface area contributed by atoms with Crippen LogP contribution in [0.4, 0.5) is 14.5 Å². The van der Waals surface area contributed by atoms with Crippen LogP contribution >= 0.6 is 20.8 Å². The van der Waals surface area contributed by atoms with E-state index in [2.05, 4.69) is 9.72 Å². The van der Waals surface area contributed by atoms with Crippen molar-refractivity contribution in [2.45, 2.75) is 5.91 Å². The highest BCUT2D eigenvalue weighted by Crippen LogP contribution is 2.33. The Kier molecular flexibility index (Phi) is 4.94. The first-order chi connectivity index (χ1) is 10.4. The summed E-state index contributed by atoms with van der Waals surface area (Å²) < 4.78 is 31.9. The first-order valence-corrected chi connectivity index (χ1v) is 7.14. The highest BCUT2D eigenvalue weighted by atomic mass is 35.5. The van der Waals surface area contributed by atoms with Gasteiger partial charge in [0, 0.05) is 5.56 Å². The van der Waals surface area contributed by atoms with E-state index in [1.54, 1.807) is 0 Å². The number of nitrogens with zero attached hydrogens (tertiary/aromatic N) is 1. The van der Waals surface area contributed by atoms with Crippen LogP contribution in [0.15, 0.2) is 24.3 Å². The lowest BCUT2D eigenvalue weighted by molar-refractivity contribution is 0.0594. The van der Waals surface area contributed by atoms with Crippen molar-refractivity contribution in [3.05, 3.63) is 46.4 Å². The topological polar surface area (TPSA) is 65.2 Å². The summed E-state index contributed by atoms with van der Waals surface area (Å²) in [5, 5.41) is -0.307. The van der Waals surface area contributed by atoms with E-state index < -0.39 is 23.4 Å². The summed E-state index contributed by atoms with van der Waals surface area (Å²) in [5.41, 5.74) is 5.48. The van der Waals surface area contributed by atoms with Crippen LogP contribution in [0.5, 0.6) is 0 Å². The van der Waals surface area contributed by atoms with Gasteiger partial charge in [0.05, 0.1) is 17.8 Å². The van der Waals surface area contributed by atoms with Gasteiger partial charge in [-0.15, -0.1) is 0 Å². The Balaban J connectivity index is 2.59. The van der Waals surface area contributed by atoms with Crippen molar-refractivity contribution in [1.82, 2.24) is 4.98 Å². The lowest BCUT2D eigenvalue weighted by Gasteiger charge is -2.11. The molecule has 1 aromatic carbocycles. The average Bonchev–Trinajstić information content (AvgIpc) is 2.52. The van der Waals surface area contributed by atoms with Gasteiger partial charge in [-0.25, -0.2) is 18.6 Å². The Morgan fingerprint density at radius 3 is 2.50 bits per heavy atom. The Hall–Kier alpha value is -1.78. The molecule has 2 rings (SSSR count). The molecule has 0 aliphatic rings. The molecule has 0 spiro atoms. The smallest absolute Gasteiger partial charge is 0.358 e. The highest BCUT2D eigenvalue weighted by Gasteiger charge is 2.22. The number of hydrogen-bond acceptors (Lipinski definition) is 4. The van der Waals surface area contributed by atoms with Crippen molar-refractivity contribution >= 4 is 32.5 Å². The van der Waals surface area contributed by atoms with Crippen molar-refractivity contribution in [3.63, 3.8) is 0 Å². The molecule has 0 aliphatic heterocycles. The molecule has 1 heterocycles. The molecule has 0 bridgehead atoms. The number of esters is 1. The number of ether oxygens (including phenoxy) is 1.